The van der Waals surface area contributed by atoms with Gasteiger partial charge in [0.2, 0.25) is 0 Å². The highest BCUT2D eigenvalue weighted by Gasteiger charge is 2.27. The van der Waals surface area contributed by atoms with Gasteiger partial charge in [0.25, 0.3) is 0 Å². The van der Waals surface area contributed by atoms with Crippen LogP contribution in [-0.4, -0.2) is 30.1 Å². The first-order valence-corrected chi connectivity index (χ1v) is 9.61. The van der Waals surface area contributed by atoms with E-state index in [2.05, 4.69) is 49.2 Å². The molecule has 138 valence electrons. The third-order valence-corrected chi connectivity index (χ3v) is 4.95. The first-order valence-electron chi connectivity index (χ1n) is 9.61. The molecule has 26 heavy (non-hydrogen) atoms. The summed E-state index contributed by atoms with van der Waals surface area (Å²) in [7, 11) is 2.14. The molecule has 0 radical (unpaired) electrons. The fourth-order valence-corrected chi connectivity index (χ4v) is 3.23. The van der Waals surface area contributed by atoms with Gasteiger partial charge in [-0.2, -0.15) is 0 Å². The van der Waals surface area contributed by atoms with Gasteiger partial charge in [0.1, 0.15) is 0 Å². The quantitative estimate of drug-likeness (QED) is 0.652. The molecule has 0 N–H and O–H groups in total. The average Bonchev–Trinajstić information content (AvgIpc) is 3.46. The van der Waals surface area contributed by atoms with E-state index in [4.69, 9.17) is 4.74 Å². The monoisotopic (exact) mass is 351 g/mol. The number of hydrogen-bond donors (Lipinski definition) is 0. The summed E-state index contributed by atoms with van der Waals surface area (Å²) in [6, 6.07) is 15.4. The normalized spacial score (nSPS) is 14.1. The Labute approximate surface area is 157 Å². The van der Waals surface area contributed by atoms with Crippen molar-refractivity contribution in [1.29, 1.82) is 0 Å². The number of esters is 1. The standard InChI is InChI=1S/C23H29NO2/c1-5-17-6-8-18(9-7-17)19-10-13-22(23(25)26-16(2)3)20(14-19)15-24(4)21-11-12-21/h6-10,13-14,16,21H,5,11-12,15H2,1-4H3. The molecule has 0 bridgehead atoms. The number of ether oxygens (including phenoxy) is 1. The summed E-state index contributed by atoms with van der Waals surface area (Å²) in [5, 5.41) is 0. The number of rotatable bonds is 7. The molecular weight excluding hydrogens is 322 g/mol. The Morgan fingerprint density at radius 3 is 2.35 bits per heavy atom. The third kappa shape index (κ3) is 4.53. The predicted molar refractivity (Wildman–Crippen MR) is 106 cm³/mol. The molecule has 0 spiro atoms. The van der Waals surface area contributed by atoms with Crippen LogP contribution < -0.4 is 0 Å². The molecular formula is C23H29NO2. The molecule has 0 heterocycles. The molecule has 1 saturated carbocycles. The van der Waals surface area contributed by atoms with Crippen molar-refractivity contribution in [3.05, 3.63) is 59.2 Å². The number of aryl methyl sites for hydroxylation is 1. The first kappa shape index (κ1) is 18.7. The zero-order valence-corrected chi connectivity index (χ0v) is 16.3. The molecule has 1 aliphatic rings. The van der Waals surface area contributed by atoms with Gasteiger partial charge < -0.3 is 4.74 Å². The van der Waals surface area contributed by atoms with E-state index in [1.807, 2.05) is 26.0 Å². The van der Waals surface area contributed by atoms with E-state index in [-0.39, 0.29) is 12.1 Å². The lowest BCUT2D eigenvalue weighted by Crippen LogP contribution is -2.22. The summed E-state index contributed by atoms with van der Waals surface area (Å²) in [6.45, 7) is 6.71. The van der Waals surface area contributed by atoms with Crippen LogP contribution in [0.1, 0.15) is 55.1 Å². The predicted octanol–water partition coefficient (Wildman–Crippen LogP) is 5.08. The lowest BCUT2D eigenvalue weighted by molar-refractivity contribution is 0.0375. The van der Waals surface area contributed by atoms with E-state index in [0.29, 0.717) is 11.6 Å². The Hall–Kier alpha value is -2.13. The van der Waals surface area contributed by atoms with E-state index in [1.165, 1.54) is 24.0 Å². The van der Waals surface area contributed by atoms with Crippen LogP contribution >= 0.6 is 0 Å². The SMILES string of the molecule is CCc1ccc(-c2ccc(C(=O)OC(C)C)c(CN(C)C3CC3)c2)cc1. The molecule has 0 amide bonds. The molecule has 0 aliphatic heterocycles. The highest BCUT2D eigenvalue weighted by atomic mass is 16.5. The van der Waals surface area contributed by atoms with Crippen LogP contribution in [0.15, 0.2) is 42.5 Å². The van der Waals surface area contributed by atoms with E-state index in [0.717, 1.165) is 24.1 Å². The Balaban J connectivity index is 1.92. The number of benzene rings is 2. The van der Waals surface area contributed by atoms with Gasteiger partial charge in [-0.05, 0) is 74.5 Å². The van der Waals surface area contributed by atoms with Crippen LogP contribution in [0.25, 0.3) is 11.1 Å². The highest BCUT2D eigenvalue weighted by Crippen LogP contribution is 2.29. The van der Waals surface area contributed by atoms with Gasteiger partial charge in [0.05, 0.1) is 11.7 Å². The van der Waals surface area contributed by atoms with Crippen molar-refractivity contribution in [2.75, 3.05) is 7.05 Å². The maximum absolute atomic E-state index is 12.5. The van der Waals surface area contributed by atoms with Crippen LogP contribution in [0.3, 0.4) is 0 Å². The van der Waals surface area contributed by atoms with Crippen molar-refractivity contribution in [3.8, 4) is 11.1 Å². The van der Waals surface area contributed by atoms with Gasteiger partial charge in [-0.1, -0.05) is 37.3 Å². The molecule has 0 saturated heterocycles. The second-order valence-electron chi connectivity index (χ2n) is 7.52. The van der Waals surface area contributed by atoms with Crippen LogP contribution in [0.5, 0.6) is 0 Å². The lowest BCUT2D eigenvalue weighted by atomic mass is 9.97. The van der Waals surface area contributed by atoms with Gasteiger partial charge in [-0.3, -0.25) is 4.90 Å². The van der Waals surface area contributed by atoms with Gasteiger partial charge >= 0.3 is 5.97 Å². The maximum Gasteiger partial charge on any atom is 0.338 e. The summed E-state index contributed by atoms with van der Waals surface area (Å²) in [4.78, 5) is 14.9. The van der Waals surface area contributed by atoms with Crippen LogP contribution in [0.2, 0.25) is 0 Å². The second-order valence-corrected chi connectivity index (χ2v) is 7.52. The highest BCUT2D eigenvalue weighted by molar-refractivity contribution is 5.92. The molecule has 3 nitrogen and oxygen atoms in total. The van der Waals surface area contributed by atoms with Crippen molar-refractivity contribution in [2.24, 2.45) is 0 Å². The third-order valence-electron chi connectivity index (χ3n) is 4.95. The molecule has 1 fully saturated rings. The van der Waals surface area contributed by atoms with Crippen molar-refractivity contribution in [3.63, 3.8) is 0 Å². The fraction of sp³-hybridized carbons (Fsp3) is 0.435. The number of nitrogens with zero attached hydrogens (tertiary/aromatic N) is 1. The van der Waals surface area contributed by atoms with Crippen molar-refractivity contribution < 1.29 is 9.53 Å². The summed E-state index contributed by atoms with van der Waals surface area (Å²) in [5.41, 5.74) is 5.39. The van der Waals surface area contributed by atoms with E-state index in [9.17, 15) is 4.79 Å². The molecule has 2 aromatic rings. The maximum atomic E-state index is 12.5. The molecule has 0 aromatic heterocycles. The second kappa shape index (κ2) is 8.05. The molecule has 0 atom stereocenters. The fourth-order valence-electron chi connectivity index (χ4n) is 3.23. The lowest BCUT2D eigenvalue weighted by Gasteiger charge is -2.19. The zero-order valence-electron chi connectivity index (χ0n) is 16.3. The van der Waals surface area contributed by atoms with Crippen molar-refractivity contribution in [2.45, 2.75) is 58.7 Å². The average molecular weight is 351 g/mol. The molecule has 1 aliphatic carbocycles. The van der Waals surface area contributed by atoms with Crippen LogP contribution in [-0.2, 0) is 17.7 Å². The smallest absolute Gasteiger partial charge is 0.338 e. The van der Waals surface area contributed by atoms with Gasteiger partial charge in [-0.25, -0.2) is 4.79 Å². The van der Waals surface area contributed by atoms with Gasteiger partial charge in [-0.15, -0.1) is 0 Å². The van der Waals surface area contributed by atoms with Crippen LogP contribution in [0, 0.1) is 0 Å². The molecule has 3 heteroatoms. The molecule has 2 aromatic carbocycles. The Kier molecular flexibility index (Phi) is 5.77. The minimum absolute atomic E-state index is 0.113. The van der Waals surface area contributed by atoms with Gasteiger partial charge in [0, 0.05) is 12.6 Å². The number of hydrogen-bond acceptors (Lipinski definition) is 3. The van der Waals surface area contributed by atoms with Crippen molar-refractivity contribution in [1.82, 2.24) is 4.90 Å². The molecule has 0 unspecified atom stereocenters. The summed E-state index contributed by atoms with van der Waals surface area (Å²) >= 11 is 0. The summed E-state index contributed by atoms with van der Waals surface area (Å²) in [5.74, 6) is -0.230. The molecule has 3 rings (SSSR count). The minimum atomic E-state index is -0.230. The first-order chi connectivity index (χ1) is 12.5. The topological polar surface area (TPSA) is 29.5 Å². The van der Waals surface area contributed by atoms with Crippen LogP contribution in [0.4, 0.5) is 0 Å². The number of carbonyl (C=O) groups is 1. The Morgan fingerprint density at radius 1 is 1.12 bits per heavy atom. The zero-order chi connectivity index (χ0) is 18.7. The Bertz CT molecular complexity index is 760. The van der Waals surface area contributed by atoms with Gasteiger partial charge in [0.15, 0.2) is 0 Å². The number of carbonyl (C=O) groups excluding carboxylic acids is 1. The van der Waals surface area contributed by atoms with E-state index >= 15 is 0 Å². The summed E-state index contributed by atoms with van der Waals surface area (Å²) in [6.07, 6.45) is 3.43. The van der Waals surface area contributed by atoms with E-state index in [1.54, 1.807) is 0 Å². The minimum Gasteiger partial charge on any atom is -0.459 e. The van der Waals surface area contributed by atoms with E-state index < -0.39 is 0 Å². The summed E-state index contributed by atoms with van der Waals surface area (Å²) < 4.78 is 5.45. The Morgan fingerprint density at radius 2 is 1.77 bits per heavy atom. The van der Waals surface area contributed by atoms with Crippen molar-refractivity contribution >= 4 is 5.97 Å². The largest absolute Gasteiger partial charge is 0.459 e.